The Morgan fingerprint density at radius 2 is 1.80 bits per heavy atom. The molecule has 2 aromatic carbocycles. The van der Waals surface area contributed by atoms with Gasteiger partial charge in [0.05, 0.1) is 28.6 Å². The average Bonchev–Trinajstić information content (AvgIpc) is 3.35. The Hall–Kier alpha value is -3.87. The van der Waals surface area contributed by atoms with E-state index in [0.717, 1.165) is 54.5 Å². The molecule has 1 amide bonds. The Morgan fingerprint density at radius 1 is 1.10 bits per heavy atom. The van der Waals surface area contributed by atoms with Gasteiger partial charge in [0, 0.05) is 55.8 Å². The second-order valence-electron chi connectivity index (χ2n) is 10.2. The van der Waals surface area contributed by atoms with Crippen molar-refractivity contribution >= 4 is 44.0 Å². The van der Waals surface area contributed by atoms with E-state index in [-0.39, 0.29) is 23.6 Å². The first kappa shape index (κ1) is 27.7. The maximum absolute atomic E-state index is 14.9. The standard InChI is InChI=1S/C28H32FN7O3S/c1-17-15-31-28(33-21-8-6-10-23(24(21)29)40(4,38)39)34-25(17)20-16-30-26-19(20)7-5-9-22(26)32-27(37)18(2)36-13-11-35(3)12-14-36/h5-10,15-16,18,30H,11-14H2,1-4H3,(H,32,37)(H,31,33,34). The molecule has 0 bridgehead atoms. The van der Waals surface area contributed by atoms with E-state index in [2.05, 4.69) is 42.4 Å². The average molecular weight is 566 g/mol. The van der Waals surface area contributed by atoms with Crippen LogP contribution in [0.5, 0.6) is 0 Å². The summed E-state index contributed by atoms with van der Waals surface area (Å²) in [5.74, 6) is -0.852. The summed E-state index contributed by atoms with van der Waals surface area (Å²) >= 11 is 0. The van der Waals surface area contributed by atoms with Crippen molar-refractivity contribution in [2.45, 2.75) is 24.8 Å². The van der Waals surface area contributed by atoms with Crippen LogP contribution in [0.15, 0.2) is 53.7 Å². The van der Waals surface area contributed by atoms with E-state index < -0.39 is 20.5 Å². The number of piperazine rings is 1. The Bertz CT molecular complexity index is 1680. The highest BCUT2D eigenvalue weighted by molar-refractivity contribution is 7.90. The monoisotopic (exact) mass is 565 g/mol. The number of aromatic amines is 1. The van der Waals surface area contributed by atoms with Crippen molar-refractivity contribution in [3.8, 4) is 11.3 Å². The summed E-state index contributed by atoms with van der Waals surface area (Å²) in [6.07, 6.45) is 4.38. The molecular formula is C28H32FN7O3S. The summed E-state index contributed by atoms with van der Waals surface area (Å²) in [4.78, 5) is 29.3. The van der Waals surface area contributed by atoms with E-state index in [1.165, 1.54) is 18.2 Å². The number of hydrogen-bond acceptors (Lipinski definition) is 8. The third-order valence-electron chi connectivity index (χ3n) is 7.27. The number of rotatable bonds is 7. The van der Waals surface area contributed by atoms with Crippen LogP contribution in [0.4, 0.5) is 21.7 Å². The molecule has 210 valence electrons. The minimum Gasteiger partial charge on any atom is -0.359 e. The molecule has 1 unspecified atom stereocenters. The lowest BCUT2D eigenvalue weighted by molar-refractivity contribution is -0.121. The molecular weight excluding hydrogens is 533 g/mol. The molecule has 40 heavy (non-hydrogen) atoms. The van der Waals surface area contributed by atoms with Gasteiger partial charge in [-0.3, -0.25) is 9.69 Å². The van der Waals surface area contributed by atoms with E-state index in [0.29, 0.717) is 11.4 Å². The maximum atomic E-state index is 14.9. The van der Waals surface area contributed by atoms with Crippen molar-refractivity contribution < 1.29 is 17.6 Å². The number of para-hydroxylation sites is 1. The molecule has 1 fully saturated rings. The quantitative estimate of drug-likeness (QED) is 0.309. The number of anilines is 3. The van der Waals surface area contributed by atoms with Crippen LogP contribution in [0.25, 0.3) is 22.2 Å². The molecule has 1 aliphatic rings. The van der Waals surface area contributed by atoms with Crippen LogP contribution in [-0.2, 0) is 14.6 Å². The first-order chi connectivity index (χ1) is 19.0. The van der Waals surface area contributed by atoms with Gasteiger partial charge in [-0.05, 0) is 44.7 Å². The molecule has 1 aliphatic heterocycles. The first-order valence-electron chi connectivity index (χ1n) is 13.0. The van der Waals surface area contributed by atoms with Crippen molar-refractivity contribution in [1.29, 1.82) is 0 Å². The van der Waals surface area contributed by atoms with Crippen molar-refractivity contribution in [3.63, 3.8) is 0 Å². The molecule has 1 atom stereocenters. The number of H-pyrrole nitrogens is 1. The first-order valence-corrected chi connectivity index (χ1v) is 14.8. The number of aromatic nitrogens is 3. The molecule has 0 spiro atoms. The van der Waals surface area contributed by atoms with Crippen LogP contribution >= 0.6 is 0 Å². The molecule has 10 nitrogen and oxygen atoms in total. The number of likely N-dealkylation sites (N-methyl/N-ethyl adjacent to an activating group) is 1. The predicted octanol–water partition coefficient (Wildman–Crippen LogP) is 3.79. The zero-order chi connectivity index (χ0) is 28.6. The van der Waals surface area contributed by atoms with E-state index in [1.807, 2.05) is 38.2 Å². The van der Waals surface area contributed by atoms with Crippen LogP contribution in [0.3, 0.4) is 0 Å². The topological polar surface area (TPSA) is 123 Å². The van der Waals surface area contributed by atoms with E-state index >= 15 is 0 Å². The third-order valence-corrected chi connectivity index (χ3v) is 8.39. The van der Waals surface area contributed by atoms with Gasteiger partial charge in [0.15, 0.2) is 15.7 Å². The van der Waals surface area contributed by atoms with Gasteiger partial charge < -0.3 is 20.5 Å². The third kappa shape index (κ3) is 5.55. The number of halogens is 1. The molecule has 0 saturated carbocycles. The second kappa shape index (κ2) is 11.0. The van der Waals surface area contributed by atoms with Gasteiger partial charge in [-0.1, -0.05) is 18.2 Å². The van der Waals surface area contributed by atoms with Crippen LogP contribution in [-0.4, -0.2) is 84.6 Å². The molecule has 0 aliphatic carbocycles. The molecule has 3 heterocycles. The summed E-state index contributed by atoms with van der Waals surface area (Å²) in [7, 11) is -1.66. The van der Waals surface area contributed by atoms with Crippen LogP contribution in [0.2, 0.25) is 0 Å². The van der Waals surface area contributed by atoms with Crippen LogP contribution in [0, 0.1) is 12.7 Å². The number of carbonyl (C=O) groups is 1. The number of carbonyl (C=O) groups excluding carboxylic acids is 1. The maximum Gasteiger partial charge on any atom is 0.241 e. The smallest absolute Gasteiger partial charge is 0.241 e. The second-order valence-corrected chi connectivity index (χ2v) is 12.2. The lowest BCUT2D eigenvalue weighted by Crippen LogP contribution is -2.51. The van der Waals surface area contributed by atoms with Crippen molar-refractivity contribution in [1.82, 2.24) is 24.8 Å². The Kier molecular flexibility index (Phi) is 7.58. The Balaban J connectivity index is 1.42. The molecule has 3 N–H and O–H groups in total. The number of nitrogens with one attached hydrogen (secondary N) is 3. The highest BCUT2D eigenvalue weighted by Gasteiger charge is 2.25. The number of benzene rings is 2. The fourth-order valence-electron chi connectivity index (χ4n) is 4.86. The largest absolute Gasteiger partial charge is 0.359 e. The SMILES string of the molecule is Cc1cnc(Nc2cccc(S(C)(=O)=O)c2F)nc1-c1c[nH]c2c(NC(=O)C(C)N3CCN(C)CC3)cccc12. The van der Waals surface area contributed by atoms with Gasteiger partial charge in [-0.25, -0.2) is 22.8 Å². The number of nitrogens with zero attached hydrogens (tertiary/aromatic N) is 4. The number of fused-ring (bicyclic) bond motifs is 1. The number of aryl methyl sites for hydroxylation is 1. The Labute approximate surface area is 232 Å². The molecule has 0 radical (unpaired) electrons. The van der Waals surface area contributed by atoms with E-state index in [9.17, 15) is 17.6 Å². The minimum absolute atomic E-state index is 0.0453. The van der Waals surface area contributed by atoms with Crippen LogP contribution < -0.4 is 10.6 Å². The van der Waals surface area contributed by atoms with Gasteiger partial charge in [0.2, 0.25) is 11.9 Å². The zero-order valence-electron chi connectivity index (χ0n) is 22.8. The number of sulfone groups is 1. The fraction of sp³-hybridized carbons (Fsp3) is 0.321. The molecule has 12 heteroatoms. The highest BCUT2D eigenvalue weighted by atomic mass is 32.2. The Morgan fingerprint density at radius 3 is 2.52 bits per heavy atom. The van der Waals surface area contributed by atoms with Gasteiger partial charge in [-0.15, -0.1) is 0 Å². The van der Waals surface area contributed by atoms with Gasteiger partial charge in [0.1, 0.15) is 4.90 Å². The zero-order valence-corrected chi connectivity index (χ0v) is 23.6. The van der Waals surface area contributed by atoms with E-state index in [4.69, 9.17) is 0 Å². The molecule has 4 aromatic rings. The van der Waals surface area contributed by atoms with Gasteiger partial charge in [-0.2, -0.15) is 0 Å². The summed E-state index contributed by atoms with van der Waals surface area (Å²) in [6, 6.07) is 9.49. The number of amides is 1. The van der Waals surface area contributed by atoms with Crippen molar-refractivity contribution in [2.75, 3.05) is 50.1 Å². The van der Waals surface area contributed by atoms with Crippen molar-refractivity contribution in [3.05, 3.63) is 60.2 Å². The van der Waals surface area contributed by atoms with Crippen molar-refractivity contribution in [2.24, 2.45) is 0 Å². The molecule has 1 saturated heterocycles. The minimum atomic E-state index is -3.74. The summed E-state index contributed by atoms with van der Waals surface area (Å²) in [5, 5.41) is 6.74. The normalized spacial score (nSPS) is 15.7. The van der Waals surface area contributed by atoms with Gasteiger partial charge >= 0.3 is 0 Å². The molecule has 5 rings (SSSR count). The highest BCUT2D eigenvalue weighted by Crippen LogP contribution is 2.34. The molecule has 2 aromatic heterocycles. The summed E-state index contributed by atoms with van der Waals surface area (Å²) < 4.78 is 38.8. The lowest BCUT2D eigenvalue weighted by atomic mass is 10.1. The lowest BCUT2D eigenvalue weighted by Gasteiger charge is -2.35. The number of hydrogen-bond donors (Lipinski definition) is 3. The van der Waals surface area contributed by atoms with E-state index in [1.54, 1.807) is 6.20 Å². The summed E-state index contributed by atoms with van der Waals surface area (Å²) in [6.45, 7) is 7.33. The van der Waals surface area contributed by atoms with Crippen LogP contribution in [0.1, 0.15) is 12.5 Å². The predicted molar refractivity (Wildman–Crippen MR) is 154 cm³/mol. The fourth-order valence-corrected chi connectivity index (χ4v) is 5.62. The summed E-state index contributed by atoms with van der Waals surface area (Å²) in [5.41, 5.74) is 3.56. The van der Waals surface area contributed by atoms with Gasteiger partial charge in [0.25, 0.3) is 0 Å².